The van der Waals surface area contributed by atoms with E-state index in [0.29, 0.717) is 35.8 Å². The van der Waals surface area contributed by atoms with Crippen molar-refractivity contribution in [2.24, 2.45) is 40.2 Å². The van der Waals surface area contributed by atoms with Crippen LogP contribution in [0.25, 0.3) is 0 Å². The highest BCUT2D eigenvalue weighted by Gasteiger charge is 2.61. The molecule has 29 heavy (non-hydrogen) atoms. The van der Waals surface area contributed by atoms with Crippen molar-refractivity contribution < 1.29 is 9.59 Å². The molecule has 0 radical (unpaired) electrons. The average molecular weight is 399 g/mol. The number of amides is 1. The van der Waals surface area contributed by atoms with E-state index in [1.54, 1.807) is 0 Å². The van der Waals surface area contributed by atoms with Gasteiger partial charge in [0.25, 0.3) is 0 Å². The Morgan fingerprint density at radius 1 is 0.966 bits per heavy atom. The van der Waals surface area contributed by atoms with E-state index in [9.17, 15) is 9.59 Å². The number of carbonyl (C=O) groups excluding carboxylic acids is 2. The molecule has 0 bridgehead atoms. The summed E-state index contributed by atoms with van der Waals surface area (Å²) in [5.41, 5.74) is 8.44. The van der Waals surface area contributed by atoms with Gasteiger partial charge in [-0.05, 0) is 98.4 Å². The number of carbonyl (C=O) groups is 2. The Hall–Kier alpha value is -1.32. The van der Waals surface area contributed by atoms with Crippen molar-refractivity contribution in [3.05, 3.63) is 11.3 Å². The number of likely N-dealkylation sites (tertiary alicyclic amines) is 1. The van der Waals surface area contributed by atoms with Gasteiger partial charge in [0.05, 0.1) is 5.70 Å². The van der Waals surface area contributed by atoms with Crippen LogP contribution >= 0.6 is 0 Å². The first-order valence-electron chi connectivity index (χ1n) is 12.2. The van der Waals surface area contributed by atoms with Crippen LogP contribution in [0.3, 0.4) is 0 Å². The number of Topliss-reactive ketones (excluding diaryl/α,β-unsaturated/α-hetero) is 1. The lowest BCUT2D eigenvalue weighted by Gasteiger charge is -2.58. The summed E-state index contributed by atoms with van der Waals surface area (Å²) in [5, 5.41) is 0. The van der Waals surface area contributed by atoms with E-state index in [1.807, 2.05) is 0 Å². The number of nitrogens with zero attached hydrogens (tertiary/aromatic N) is 1. The van der Waals surface area contributed by atoms with Crippen molar-refractivity contribution in [3.8, 4) is 0 Å². The second-order valence-corrected chi connectivity index (χ2v) is 11.2. The lowest BCUT2D eigenvalue weighted by molar-refractivity contribution is -0.144. The summed E-state index contributed by atoms with van der Waals surface area (Å²) in [7, 11) is 0. The summed E-state index contributed by atoms with van der Waals surface area (Å²) >= 11 is 0. The summed E-state index contributed by atoms with van der Waals surface area (Å²) in [5.74, 6) is 2.86. The Bertz CT molecular complexity index is 752. The normalized spacial score (nSPS) is 44.9. The van der Waals surface area contributed by atoms with Crippen LogP contribution in [0, 0.1) is 34.5 Å². The van der Waals surface area contributed by atoms with E-state index >= 15 is 0 Å². The monoisotopic (exact) mass is 398 g/mol. The highest BCUT2D eigenvalue weighted by atomic mass is 16.2. The van der Waals surface area contributed by atoms with Crippen molar-refractivity contribution in [3.63, 3.8) is 0 Å². The van der Waals surface area contributed by atoms with Gasteiger partial charge in [-0.2, -0.15) is 0 Å². The quantitative estimate of drug-likeness (QED) is 0.710. The molecule has 4 aliphatic carbocycles. The van der Waals surface area contributed by atoms with Gasteiger partial charge >= 0.3 is 0 Å². The number of rotatable bonds is 1. The maximum atomic E-state index is 13.5. The molecule has 1 saturated heterocycles. The molecule has 0 aromatic carbocycles. The zero-order valence-electron chi connectivity index (χ0n) is 18.3. The second-order valence-electron chi connectivity index (χ2n) is 11.2. The number of ketones is 1. The van der Waals surface area contributed by atoms with Gasteiger partial charge in [-0.3, -0.25) is 9.59 Å². The topological polar surface area (TPSA) is 63.4 Å². The third-order valence-corrected chi connectivity index (χ3v) is 10.1. The molecule has 0 unspecified atom stereocenters. The maximum absolute atomic E-state index is 13.5. The molecule has 2 N–H and O–H groups in total. The predicted octanol–water partition coefficient (Wildman–Crippen LogP) is 4.43. The molecule has 1 aliphatic heterocycles. The molecule has 4 nitrogen and oxygen atoms in total. The average Bonchev–Trinajstić information content (AvgIpc) is 3.08. The molecule has 3 saturated carbocycles. The van der Waals surface area contributed by atoms with Crippen LogP contribution in [0.2, 0.25) is 0 Å². The van der Waals surface area contributed by atoms with Gasteiger partial charge < -0.3 is 10.6 Å². The molecule has 5 rings (SSSR count). The van der Waals surface area contributed by atoms with Crippen molar-refractivity contribution in [1.82, 2.24) is 4.90 Å². The Morgan fingerprint density at radius 2 is 1.72 bits per heavy atom. The maximum Gasteiger partial charge on any atom is 0.226 e. The lowest BCUT2D eigenvalue weighted by Crippen LogP contribution is -2.53. The van der Waals surface area contributed by atoms with Gasteiger partial charge in [-0.15, -0.1) is 0 Å². The van der Waals surface area contributed by atoms with Gasteiger partial charge in [0.2, 0.25) is 5.91 Å². The number of hydrogen-bond donors (Lipinski definition) is 1. The third kappa shape index (κ3) is 2.76. The van der Waals surface area contributed by atoms with E-state index in [4.69, 9.17) is 5.73 Å². The van der Waals surface area contributed by atoms with Gasteiger partial charge in [0.1, 0.15) is 0 Å². The molecule has 1 heterocycles. The molecule has 4 fully saturated rings. The minimum Gasteiger partial charge on any atom is -0.396 e. The number of allylic oxidation sites excluding steroid dienone is 1. The van der Waals surface area contributed by atoms with E-state index in [0.717, 1.165) is 38.8 Å². The molecule has 0 spiro atoms. The SMILES string of the molecule is C[C@]12CC[C@H]3[C@@H](CCC4=C(N)C(=O)CC[C@@]43C)[C@@H]1CC[C@@H]2C(=O)N1CCCCC1. The van der Waals surface area contributed by atoms with Crippen LogP contribution in [-0.2, 0) is 9.59 Å². The van der Waals surface area contributed by atoms with Crippen molar-refractivity contribution in [1.29, 1.82) is 0 Å². The second kappa shape index (κ2) is 6.85. The number of piperidine rings is 1. The number of fused-ring (bicyclic) bond motifs is 5. The van der Waals surface area contributed by atoms with E-state index in [1.165, 1.54) is 44.1 Å². The van der Waals surface area contributed by atoms with Gasteiger partial charge in [0.15, 0.2) is 5.78 Å². The summed E-state index contributed by atoms with van der Waals surface area (Å²) in [4.78, 5) is 27.9. The Morgan fingerprint density at radius 3 is 2.48 bits per heavy atom. The minimum atomic E-state index is 0.108. The van der Waals surface area contributed by atoms with Crippen LogP contribution in [0.15, 0.2) is 11.3 Å². The summed E-state index contributed by atoms with van der Waals surface area (Å²) in [6, 6.07) is 0. The minimum absolute atomic E-state index is 0.108. The fourth-order valence-corrected chi connectivity index (χ4v) is 8.50. The fraction of sp³-hybridized carbons (Fsp3) is 0.840. The number of nitrogens with two attached hydrogens (primary N) is 1. The van der Waals surface area contributed by atoms with Gasteiger partial charge in [0, 0.05) is 25.4 Å². The summed E-state index contributed by atoms with van der Waals surface area (Å²) in [6.07, 6.45) is 12.0. The Kier molecular flexibility index (Phi) is 4.64. The predicted molar refractivity (Wildman–Crippen MR) is 114 cm³/mol. The van der Waals surface area contributed by atoms with Crippen LogP contribution < -0.4 is 5.73 Å². The van der Waals surface area contributed by atoms with Crippen molar-refractivity contribution in [2.45, 2.75) is 84.5 Å². The first-order valence-corrected chi connectivity index (χ1v) is 12.2. The molecule has 0 aromatic rings. The molecule has 5 aliphatic rings. The first-order chi connectivity index (χ1) is 13.9. The third-order valence-electron chi connectivity index (χ3n) is 10.1. The van der Waals surface area contributed by atoms with Crippen LogP contribution in [0.5, 0.6) is 0 Å². The Labute approximate surface area is 175 Å². The molecule has 0 aromatic heterocycles. The van der Waals surface area contributed by atoms with Gasteiger partial charge in [-0.25, -0.2) is 0 Å². The van der Waals surface area contributed by atoms with Crippen molar-refractivity contribution >= 4 is 11.7 Å². The van der Waals surface area contributed by atoms with Crippen LogP contribution in [0.1, 0.15) is 84.5 Å². The fourth-order valence-electron chi connectivity index (χ4n) is 8.50. The first kappa shape index (κ1) is 19.6. The standard InChI is InChI=1S/C25H38N2O2/c1-24-13-11-21(28)22(26)19(24)7-6-16-17-8-9-20(25(17,2)12-10-18(16)24)23(29)27-14-4-3-5-15-27/h16-18,20H,3-15,26H2,1-2H3/t16-,17-,18-,20+,24+,25-/m0/s1. The molecule has 6 atom stereocenters. The zero-order chi connectivity index (χ0) is 20.4. The van der Waals surface area contributed by atoms with Crippen molar-refractivity contribution in [2.75, 3.05) is 13.1 Å². The van der Waals surface area contributed by atoms with E-state index in [-0.39, 0.29) is 22.5 Å². The summed E-state index contributed by atoms with van der Waals surface area (Å²) in [6.45, 7) is 6.79. The van der Waals surface area contributed by atoms with E-state index < -0.39 is 0 Å². The highest BCUT2D eigenvalue weighted by Crippen LogP contribution is 2.67. The van der Waals surface area contributed by atoms with Crippen LogP contribution in [-0.4, -0.2) is 29.7 Å². The highest BCUT2D eigenvalue weighted by molar-refractivity contribution is 5.96. The molecular formula is C25H38N2O2. The lowest BCUT2D eigenvalue weighted by atomic mass is 9.46. The molecule has 160 valence electrons. The summed E-state index contributed by atoms with van der Waals surface area (Å²) < 4.78 is 0. The Balaban J connectivity index is 1.40. The molecule has 4 heteroatoms. The smallest absolute Gasteiger partial charge is 0.226 e. The van der Waals surface area contributed by atoms with Crippen LogP contribution in [0.4, 0.5) is 0 Å². The van der Waals surface area contributed by atoms with E-state index in [2.05, 4.69) is 18.7 Å². The zero-order valence-corrected chi connectivity index (χ0v) is 18.3. The molecule has 1 amide bonds. The number of hydrogen-bond acceptors (Lipinski definition) is 3. The van der Waals surface area contributed by atoms with Gasteiger partial charge in [-0.1, -0.05) is 13.8 Å². The molecular weight excluding hydrogens is 360 g/mol. The largest absolute Gasteiger partial charge is 0.396 e.